The number of urea groups is 1. The molecule has 1 saturated heterocycles. The predicted molar refractivity (Wildman–Crippen MR) is 107 cm³/mol. The van der Waals surface area contributed by atoms with E-state index in [1.807, 2.05) is 18.2 Å². The zero-order valence-corrected chi connectivity index (χ0v) is 16.7. The number of nitrogens with one attached hydrogen (secondary N) is 2. The number of benzene rings is 1. The average molecular weight is 401 g/mol. The predicted octanol–water partition coefficient (Wildman–Crippen LogP) is 2.60. The van der Waals surface area contributed by atoms with E-state index in [-0.39, 0.29) is 11.8 Å². The number of nitrogens with zero attached hydrogens (tertiary/aromatic N) is 2. The van der Waals surface area contributed by atoms with Crippen LogP contribution in [0, 0.1) is 0 Å². The van der Waals surface area contributed by atoms with Crippen molar-refractivity contribution in [3.63, 3.8) is 0 Å². The van der Waals surface area contributed by atoms with Crippen LogP contribution < -0.4 is 10.6 Å². The quantitative estimate of drug-likeness (QED) is 0.576. The number of rotatable bonds is 6. The van der Waals surface area contributed by atoms with Gasteiger partial charge in [0.05, 0.1) is 15.2 Å². The van der Waals surface area contributed by atoms with Gasteiger partial charge in [-0.2, -0.15) is 0 Å². The Bertz CT molecular complexity index is 886. The topological polar surface area (TPSA) is 91.4 Å². The van der Waals surface area contributed by atoms with Gasteiger partial charge in [0.1, 0.15) is 11.6 Å². The van der Waals surface area contributed by atoms with Gasteiger partial charge in [-0.3, -0.25) is 9.59 Å². The van der Waals surface area contributed by atoms with Gasteiger partial charge in [0, 0.05) is 13.0 Å². The number of amides is 4. The molecule has 1 aromatic heterocycles. The fourth-order valence-corrected chi connectivity index (χ4v) is 5.06. The second-order valence-corrected chi connectivity index (χ2v) is 8.66. The highest BCUT2D eigenvalue weighted by Crippen LogP contribution is 2.35. The van der Waals surface area contributed by atoms with Crippen molar-refractivity contribution in [1.82, 2.24) is 20.5 Å². The Balaban J connectivity index is 1.28. The molecule has 1 atom stereocenters. The Labute approximate surface area is 167 Å². The number of thiazole rings is 1. The Hall–Kier alpha value is -2.48. The number of aromatic nitrogens is 1. The van der Waals surface area contributed by atoms with Crippen molar-refractivity contribution in [2.24, 2.45) is 0 Å². The minimum Gasteiger partial charge on any atom is -0.354 e. The first-order valence-electron chi connectivity index (χ1n) is 9.78. The van der Waals surface area contributed by atoms with Crippen molar-refractivity contribution in [2.45, 2.75) is 57.0 Å². The zero-order valence-electron chi connectivity index (χ0n) is 15.9. The summed E-state index contributed by atoms with van der Waals surface area (Å²) in [5, 5.41) is 6.71. The summed E-state index contributed by atoms with van der Waals surface area (Å²) in [4.78, 5) is 43.2. The Morgan fingerprint density at radius 1 is 1.32 bits per heavy atom. The van der Waals surface area contributed by atoms with Crippen molar-refractivity contribution in [3.05, 3.63) is 29.3 Å². The average Bonchev–Trinajstić information content (AvgIpc) is 3.37. The van der Waals surface area contributed by atoms with Gasteiger partial charge < -0.3 is 10.6 Å². The molecule has 1 aliphatic heterocycles. The number of imide groups is 1. The molecule has 148 valence electrons. The molecule has 2 N–H and O–H groups in total. The number of para-hydroxylation sites is 1. The van der Waals surface area contributed by atoms with E-state index in [9.17, 15) is 14.4 Å². The van der Waals surface area contributed by atoms with Gasteiger partial charge in [0.2, 0.25) is 5.91 Å². The third kappa shape index (κ3) is 3.37. The number of carbonyl (C=O) groups excluding carboxylic acids is 3. The first-order valence-corrected chi connectivity index (χ1v) is 10.6. The molecule has 4 amide bonds. The number of hydrogen-bond acceptors (Lipinski definition) is 5. The molecule has 2 aliphatic rings. The molecule has 7 nitrogen and oxygen atoms in total. The fraction of sp³-hybridized carbons (Fsp3) is 0.500. The molecule has 0 radical (unpaired) electrons. The van der Waals surface area contributed by atoms with Gasteiger partial charge in [-0.15, -0.1) is 11.3 Å². The molecule has 1 unspecified atom stereocenters. The van der Waals surface area contributed by atoms with E-state index in [4.69, 9.17) is 0 Å². The summed E-state index contributed by atoms with van der Waals surface area (Å²) in [7, 11) is 0. The molecule has 1 aliphatic carbocycles. The molecule has 2 aromatic rings. The number of fused-ring (bicyclic) bond motifs is 1. The third-order valence-corrected chi connectivity index (χ3v) is 6.72. The van der Waals surface area contributed by atoms with E-state index < -0.39 is 17.6 Å². The Morgan fingerprint density at radius 2 is 2.07 bits per heavy atom. The van der Waals surface area contributed by atoms with Crippen LogP contribution in [-0.2, 0) is 16.0 Å². The Morgan fingerprint density at radius 3 is 2.82 bits per heavy atom. The van der Waals surface area contributed by atoms with Crippen molar-refractivity contribution < 1.29 is 14.4 Å². The van der Waals surface area contributed by atoms with Gasteiger partial charge in [0.15, 0.2) is 0 Å². The molecule has 2 heterocycles. The molecule has 4 rings (SSSR count). The molecule has 1 spiro atoms. The fourth-order valence-electron chi connectivity index (χ4n) is 4.05. The van der Waals surface area contributed by atoms with Crippen LogP contribution in [0.15, 0.2) is 24.3 Å². The van der Waals surface area contributed by atoms with E-state index in [1.54, 1.807) is 18.3 Å². The molecule has 1 saturated carbocycles. The van der Waals surface area contributed by atoms with E-state index in [0.29, 0.717) is 19.4 Å². The van der Waals surface area contributed by atoms with Crippen molar-refractivity contribution >= 4 is 39.4 Å². The zero-order chi connectivity index (χ0) is 19.7. The lowest BCUT2D eigenvalue weighted by molar-refractivity contribution is -0.137. The van der Waals surface area contributed by atoms with Crippen molar-refractivity contribution in [2.75, 3.05) is 6.54 Å². The van der Waals surface area contributed by atoms with Crippen molar-refractivity contribution in [3.8, 4) is 0 Å². The summed E-state index contributed by atoms with van der Waals surface area (Å²) in [6, 6.07) is 6.75. The number of aryl methyl sites for hydroxylation is 1. The minimum atomic E-state index is -0.810. The Kier molecular flexibility index (Phi) is 5.05. The van der Waals surface area contributed by atoms with E-state index in [1.165, 1.54) is 0 Å². The van der Waals surface area contributed by atoms with Gasteiger partial charge in [-0.25, -0.2) is 14.7 Å². The lowest BCUT2D eigenvalue weighted by Gasteiger charge is -2.23. The molecule has 28 heavy (non-hydrogen) atoms. The second kappa shape index (κ2) is 7.50. The summed E-state index contributed by atoms with van der Waals surface area (Å²) in [5.41, 5.74) is 0.220. The summed E-state index contributed by atoms with van der Waals surface area (Å²) >= 11 is 1.66. The number of hydrogen-bond donors (Lipinski definition) is 2. The second-order valence-electron chi connectivity index (χ2n) is 7.54. The molecule has 0 bridgehead atoms. The van der Waals surface area contributed by atoms with Crippen LogP contribution in [0.2, 0.25) is 0 Å². The third-order valence-electron chi connectivity index (χ3n) is 5.62. The van der Waals surface area contributed by atoms with Gasteiger partial charge in [0.25, 0.3) is 5.91 Å². The lowest BCUT2D eigenvalue weighted by atomic mass is 9.97. The van der Waals surface area contributed by atoms with Crippen LogP contribution in [0.5, 0.6) is 0 Å². The van der Waals surface area contributed by atoms with Crippen LogP contribution in [0.3, 0.4) is 0 Å². The maximum absolute atomic E-state index is 12.7. The standard InChI is InChI=1S/C20H24N4O3S/c1-13(24-18(26)20(23-19(24)27)10-4-5-11-20)17(25)21-12-6-9-16-22-14-7-2-3-8-15(14)28-16/h2-3,7-8,13H,4-6,9-12H2,1H3,(H,21,25)(H,23,27). The molecule has 1 aromatic carbocycles. The smallest absolute Gasteiger partial charge is 0.325 e. The van der Waals surface area contributed by atoms with Gasteiger partial charge in [-0.1, -0.05) is 25.0 Å². The monoisotopic (exact) mass is 400 g/mol. The normalized spacial score (nSPS) is 19.4. The largest absolute Gasteiger partial charge is 0.354 e. The lowest BCUT2D eigenvalue weighted by Crippen LogP contribution is -2.50. The maximum atomic E-state index is 12.7. The minimum absolute atomic E-state index is 0.257. The van der Waals surface area contributed by atoms with Crippen LogP contribution in [0.25, 0.3) is 10.2 Å². The maximum Gasteiger partial charge on any atom is 0.325 e. The number of carbonyl (C=O) groups is 3. The first kappa shape index (κ1) is 18.9. The van der Waals surface area contributed by atoms with Crippen LogP contribution >= 0.6 is 11.3 Å². The molecule has 2 fully saturated rings. The van der Waals surface area contributed by atoms with Gasteiger partial charge >= 0.3 is 6.03 Å². The summed E-state index contributed by atoms with van der Waals surface area (Å²) < 4.78 is 1.16. The first-order chi connectivity index (χ1) is 13.5. The summed E-state index contributed by atoms with van der Waals surface area (Å²) in [6.07, 6.45) is 4.69. The SMILES string of the molecule is CC(C(=O)NCCCc1nc2ccccc2s1)N1C(=O)NC2(CCCC2)C1=O. The van der Waals surface area contributed by atoms with E-state index >= 15 is 0 Å². The van der Waals surface area contributed by atoms with E-state index in [2.05, 4.69) is 21.7 Å². The van der Waals surface area contributed by atoms with E-state index in [0.717, 1.165) is 45.8 Å². The van der Waals surface area contributed by atoms with Crippen molar-refractivity contribution in [1.29, 1.82) is 0 Å². The van der Waals surface area contributed by atoms with Crippen LogP contribution in [0.1, 0.15) is 44.0 Å². The molecule has 8 heteroatoms. The molecular formula is C20H24N4O3S. The highest BCUT2D eigenvalue weighted by atomic mass is 32.1. The summed E-state index contributed by atoms with van der Waals surface area (Å²) in [6.45, 7) is 2.09. The molecular weight excluding hydrogens is 376 g/mol. The van der Waals surface area contributed by atoms with Crippen LogP contribution in [0.4, 0.5) is 4.79 Å². The highest BCUT2D eigenvalue weighted by Gasteiger charge is 2.54. The van der Waals surface area contributed by atoms with Gasteiger partial charge in [-0.05, 0) is 38.3 Å². The summed E-state index contributed by atoms with van der Waals surface area (Å²) in [5.74, 6) is -0.560. The van der Waals surface area contributed by atoms with Crippen LogP contribution in [-0.4, -0.2) is 45.9 Å². The highest BCUT2D eigenvalue weighted by molar-refractivity contribution is 7.18.